The van der Waals surface area contributed by atoms with Gasteiger partial charge in [0.05, 0.1) is 12.8 Å². The topological polar surface area (TPSA) is 42.4 Å². The maximum absolute atomic E-state index is 11.5. The molecule has 19 heavy (non-hydrogen) atoms. The molecule has 1 aromatic rings. The Balaban J connectivity index is 2.08. The summed E-state index contributed by atoms with van der Waals surface area (Å²) in [6, 6.07) is 2.03. The van der Waals surface area contributed by atoms with E-state index in [1.54, 1.807) is 18.0 Å². The highest BCUT2D eigenvalue weighted by Gasteiger charge is 2.21. The summed E-state index contributed by atoms with van der Waals surface area (Å²) in [6.45, 7) is 7.43. The molecular formula is C15H22N2O2. The van der Waals surface area contributed by atoms with Crippen LogP contribution in [-0.2, 0) is 11.2 Å². The van der Waals surface area contributed by atoms with Gasteiger partial charge in [0.1, 0.15) is 11.6 Å². The molecule has 4 heteroatoms. The largest absolute Gasteiger partial charge is 0.492 e. The number of nitrogens with zero attached hydrogens (tertiary/aromatic N) is 2. The number of carbonyl (C=O) groups excluding carboxylic acids is 1. The summed E-state index contributed by atoms with van der Waals surface area (Å²) in [6.07, 6.45) is 4.72. The minimum Gasteiger partial charge on any atom is -0.492 e. The Kier molecular flexibility index (Phi) is 4.40. The number of rotatable bonds is 4. The molecule has 2 heterocycles. The normalized spacial score (nSPS) is 14.4. The molecule has 1 aromatic heterocycles. The highest BCUT2D eigenvalue weighted by molar-refractivity contribution is 5.91. The first-order chi connectivity index (χ1) is 9.08. The molecule has 1 aliphatic heterocycles. The van der Waals surface area contributed by atoms with Crippen molar-refractivity contribution in [1.82, 2.24) is 4.98 Å². The fourth-order valence-electron chi connectivity index (χ4n) is 2.24. The summed E-state index contributed by atoms with van der Waals surface area (Å²) in [5.41, 5.74) is 1.11. The van der Waals surface area contributed by atoms with Gasteiger partial charge < -0.3 is 4.74 Å². The zero-order valence-corrected chi connectivity index (χ0v) is 12.0. The quantitative estimate of drug-likeness (QED) is 0.838. The van der Waals surface area contributed by atoms with E-state index in [9.17, 15) is 4.79 Å². The minimum absolute atomic E-state index is 0.0573. The van der Waals surface area contributed by atoms with Crippen molar-refractivity contribution in [2.45, 2.75) is 40.0 Å². The van der Waals surface area contributed by atoms with Crippen molar-refractivity contribution in [3.63, 3.8) is 0 Å². The second-order valence-corrected chi connectivity index (χ2v) is 5.46. The number of fused-ring (bicyclic) bond motifs is 1. The molecule has 0 unspecified atom stereocenters. The van der Waals surface area contributed by atoms with Gasteiger partial charge in [-0.3, -0.25) is 9.69 Å². The van der Waals surface area contributed by atoms with Crippen molar-refractivity contribution >= 4 is 11.7 Å². The maximum Gasteiger partial charge on any atom is 0.225 e. The number of aromatic nitrogens is 1. The van der Waals surface area contributed by atoms with E-state index < -0.39 is 0 Å². The third-order valence-corrected chi connectivity index (χ3v) is 3.35. The lowest BCUT2D eigenvalue weighted by Gasteiger charge is -2.27. The standard InChI is InChI=1S/C15H22N2O2/c1-11(2)6-8-19-14-9-13-5-4-7-17(12(3)18)15(13)16-10-14/h9-11H,4-8H2,1-3H3. The molecule has 0 N–H and O–H groups in total. The molecule has 0 bridgehead atoms. The second kappa shape index (κ2) is 6.04. The van der Waals surface area contributed by atoms with Crippen LogP contribution in [0.5, 0.6) is 5.75 Å². The summed E-state index contributed by atoms with van der Waals surface area (Å²) in [5, 5.41) is 0. The highest BCUT2D eigenvalue weighted by Crippen LogP contribution is 2.28. The lowest BCUT2D eigenvalue weighted by Crippen LogP contribution is -2.34. The van der Waals surface area contributed by atoms with Gasteiger partial charge in [-0.25, -0.2) is 4.98 Å². The predicted molar refractivity (Wildman–Crippen MR) is 75.5 cm³/mol. The predicted octanol–water partition coefficient (Wildman–Crippen LogP) is 2.81. The molecule has 0 spiro atoms. The summed E-state index contributed by atoms with van der Waals surface area (Å²) < 4.78 is 5.71. The van der Waals surface area contributed by atoms with Gasteiger partial charge in [0, 0.05) is 13.5 Å². The van der Waals surface area contributed by atoms with Crippen molar-refractivity contribution in [3.8, 4) is 5.75 Å². The molecule has 0 saturated carbocycles. The molecular weight excluding hydrogens is 240 g/mol. The van der Waals surface area contributed by atoms with Crippen LogP contribution in [0.1, 0.15) is 39.2 Å². The molecule has 2 rings (SSSR count). The van der Waals surface area contributed by atoms with Crippen molar-refractivity contribution in [1.29, 1.82) is 0 Å². The SMILES string of the molecule is CC(=O)N1CCCc2cc(OCCC(C)C)cnc21. The van der Waals surface area contributed by atoms with Crippen LogP contribution in [-0.4, -0.2) is 24.0 Å². The summed E-state index contributed by atoms with van der Waals surface area (Å²) in [5.74, 6) is 2.31. The Hall–Kier alpha value is -1.58. The summed E-state index contributed by atoms with van der Waals surface area (Å²) in [4.78, 5) is 17.7. The molecule has 0 saturated heterocycles. The van der Waals surface area contributed by atoms with E-state index in [-0.39, 0.29) is 5.91 Å². The van der Waals surface area contributed by atoms with Crippen LogP contribution in [0.2, 0.25) is 0 Å². The van der Waals surface area contributed by atoms with E-state index >= 15 is 0 Å². The molecule has 0 aliphatic carbocycles. The van der Waals surface area contributed by atoms with E-state index in [1.807, 2.05) is 6.07 Å². The van der Waals surface area contributed by atoms with E-state index in [2.05, 4.69) is 18.8 Å². The number of ether oxygens (including phenoxy) is 1. The Morgan fingerprint density at radius 1 is 1.53 bits per heavy atom. The van der Waals surface area contributed by atoms with Crippen molar-refractivity contribution in [2.24, 2.45) is 5.92 Å². The average Bonchev–Trinajstić information content (AvgIpc) is 2.37. The first-order valence-corrected chi connectivity index (χ1v) is 6.97. The van der Waals surface area contributed by atoms with E-state index in [1.165, 1.54) is 0 Å². The molecule has 1 aliphatic rings. The van der Waals surface area contributed by atoms with Crippen molar-refractivity contribution < 1.29 is 9.53 Å². The third-order valence-electron chi connectivity index (χ3n) is 3.35. The fraction of sp³-hybridized carbons (Fsp3) is 0.600. The Morgan fingerprint density at radius 2 is 2.32 bits per heavy atom. The lowest BCUT2D eigenvalue weighted by atomic mass is 10.1. The van der Waals surface area contributed by atoms with Crippen LogP contribution in [0.3, 0.4) is 0 Å². The second-order valence-electron chi connectivity index (χ2n) is 5.46. The van der Waals surface area contributed by atoms with Crippen LogP contribution in [0.15, 0.2) is 12.3 Å². The van der Waals surface area contributed by atoms with E-state index in [4.69, 9.17) is 4.74 Å². The maximum atomic E-state index is 11.5. The Labute approximate surface area is 114 Å². The van der Waals surface area contributed by atoms with Crippen molar-refractivity contribution in [2.75, 3.05) is 18.1 Å². The van der Waals surface area contributed by atoms with Gasteiger partial charge >= 0.3 is 0 Å². The molecule has 0 radical (unpaired) electrons. The van der Waals surface area contributed by atoms with Crippen molar-refractivity contribution in [3.05, 3.63) is 17.8 Å². The zero-order chi connectivity index (χ0) is 13.8. The highest BCUT2D eigenvalue weighted by atomic mass is 16.5. The van der Waals surface area contributed by atoms with Gasteiger partial charge in [-0.2, -0.15) is 0 Å². The first-order valence-electron chi connectivity index (χ1n) is 6.97. The van der Waals surface area contributed by atoms with Crippen LogP contribution in [0.25, 0.3) is 0 Å². The monoisotopic (exact) mass is 262 g/mol. The van der Waals surface area contributed by atoms with Crippen LogP contribution in [0.4, 0.5) is 5.82 Å². The number of hydrogen-bond donors (Lipinski definition) is 0. The number of pyridine rings is 1. The van der Waals surface area contributed by atoms with Crippen LogP contribution >= 0.6 is 0 Å². The zero-order valence-electron chi connectivity index (χ0n) is 12.0. The van der Waals surface area contributed by atoms with Gasteiger partial charge in [-0.15, -0.1) is 0 Å². The van der Waals surface area contributed by atoms with E-state index in [0.29, 0.717) is 12.5 Å². The van der Waals surface area contributed by atoms with Crippen LogP contribution in [0, 0.1) is 5.92 Å². The minimum atomic E-state index is 0.0573. The molecule has 104 valence electrons. The number of carbonyl (C=O) groups is 1. The fourth-order valence-corrected chi connectivity index (χ4v) is 2.24. The molecule has 0 fully saturated rings. The van der Waals surface area contributed by atoms with Crippen LogP contribution < -0.4 is 9.64 Å². The van der Waals surface area contributed by atoms with E-state index in [0.717, 1.165) is 42.9 Å². The number of hydrogen-bond acceptors (Lipinski definition) is 3. The summed E-state index contributed by atoms with van der Waals surface area (Å²) in [7, 11) is 0. The number of aryl methyl sites for hydroxylation is 1. The smallest absolute Gasteiger partial charge is 0.225 e. The summed E-state index contributed by atoms with van der Waals surface area (Å²) >= 11 is 0. The van der Waals surface area contributed by atoms with Gasteiger partial charge in [-0.05, 0) is 36.8 Å². The molecule has 1 amide bonds. The first kappa shape index (κ1) is 13.8. The van der Waals surface area contributed by atoms with Gasteiger partial charge in [0.25, 0.3) is 0 Å². The van der Waals surface area contributed by atoms with Gasteiger partial charge in [0.2, 0.25) is 5.91 Å². The average molecular weight is 262 g/mol. The molecule has 4 nitrogen and oxygen atoms in total. The third kappa shape index (κ3) is 3.46. The Bertz CT molecular complexity index is 457. The molecule has 0 atom stereocenters. The number of amides is 1. The van der Waals surface area contributed by atoms with Gasteiger partial charge in [-0.1, -0.05) is 13.8 Å². The Morgan fingerprint density at radius 3 is 3.00 bits per heavy atom. The molecule has 0 aromatic carbocycles. The lowest BCUT2D eigenvalue weighted by molar-refractivity contribution is -0.116. The number of anilines is 1. The van der Waals surface area contributed by atoms with Gasteiger partial charge in [0.15, 0.2) is 0 Å².